The molecule has 0 fully saturated rings. The standard InChI is InChI=1S/C17H14Cl4N2O4/c1-2-26-14-6-12(20)16(21)10(17(14)25)7-22-23-15(24)8-27-13-5-9(18)3-4-11(13)19/h3-7,25H,2,8H2,1H3,(H,23,24). The second kappa shape index (κ2) is 9.90. The zero-order valence-corrected chi connectivity index (χ0v) is 17.0. The number of rotatable bonds is 7. The molecule has 0 saturated heterocycles. The van der Waals surface area contributed by atoms with Crippen molar-refractivity contribution in [2.75, 3.05) is 13.2 Å². The summed E-state index contributed by atoms with van der Waals surface area (Å²) in [6.07, 6.45) is 1.15. The Kier molecular flexibility index (Phi) is 7.86. The van der Waals surface area contributed by atoms with E-state index in [1.165, 1.54) is 12.1 Å². The number of carbonyl (C=O) groups excluding carboxylic acids is 1. The van der Waals surface area contributed by atoms with Crippen LogP contribution in [0.5, 0.6) is 17.2 Å². The van der Waals surface area contributed by atoms with Gasteiger partial charge < -0.3 is 14.6 Å². The highest BCUT2D eigenvalue weighted by atomic mass is 35.5. The lowest BCUT2D eigenvalue weighted by atomic mass is 10.2. The van der Waals surface area contributed by atoms with Gasteiger partial charge in [-0.25, -0.2) is 5.43 Å². The van der Waals surface area contributed by atoms with Crippen molar-refractivity contribution in [1.82, 2.24) is 5.43 Å². The fourth-order valence-electron chi connectivity index (χ4n) is 1.93. The summed E-state index contributed by atoms with van der Waals surface area (Å²) in [4.78, 5) is 11.8. The lowest BCUT2D eigenvalue weighted by Crippen LogP contribution is -2.24. The second-order valence-corrected chi connectivity index (χ2v) is 6.65. The first kappa shape index (κ1) is 21.4. The molecule has 1 amide bonds. The molecule has 0 aromatic heterocycles. The van der Waals surface area contributed by atoms with Crippen molar-refractivity contribution >= 4 is 58.5 Å². The first-order valence-electron chi connectivity index (χ1n) is 7.57. The number of ether oxygens (including phenoxy) is 2. The van der Waals surface area contributed by atoms with Crippen LogP contribution in [0.25, 0.3) is 0 Å². The molecule has 0 heterocycles. The van der Waals surface area contributed by atoms with Crippen LogP contribution >= 0.6 is 46.4 Å². The van der Waals surface area contributed by atoms with Gasteiger partial charge in [0.05, 0.1) is 33.5 Å². The van der Waals surface area contributed by atoms with Gasteiger partial charge in [-0.05, 0) is 19.1 Å². The molecular formula is C17H14Cl4N2O4. The van der Waals surface area contributed by atoms with Crippen LogP contribution in [-0.4, -0.2) is 30.4 Å². The normalized spacial score (nSPS) is 10.9. The van der Waals surface area contributed by atoms with Crippen molar-refractivity contribution in [3.63, 3.8) is 0 Å². The highest BCUT2D eigenvalue weighted by Gasteiger charge is 2.15. The van der Waals surface area contributed by atoms with Gasteiger partial charge in [-0.3, -0.25) is 4.79 Å². The van der Waals surface area contributed by atoms with E-state index in [0.717, 1.165) is 6.21 Å². The minimum Gasteiger partial charge on any atom is -0.504 e. The Morgan fingerprint density at radius 3 is 2.59 bits per heavy atom. The molecule has 2 N–H and O–H groups in total. The lowest BCUT2D eigenvalue weighted by molar-refractivity contribution is -0.123. The van der Waals surface area contributed by atoms with E-state index >= 15 is 0 Å². The number of amides is 1. The molecule has 27 heavy (non-hydrogen) atoms. The Balaban J connectivity index is 2.02. The Bertz CT molecular complexity index is 874. The van der Waals surface area contributed by atoms with Crippen LogP contribution in [0.3, 0.4) is 0 Å². The first-order chi connectivity index (χ1) is 12.8. The predicted molar refractivity (Wildman–Crippen MR) is 107 cm³/mol. The molecule has 0 radical (unpaired) electrons. The minimum atomic E-state index is -0.565. The third-order valence-electron chi connectivity index (χ3n) is 3.13. The quantitative estimate of drug-likeness (QED) is 0.461. The summed E-state index contributed by atoms with van der Waals surface area (Å²) in [6.45, 7) is 1.72. The smallest absolute Gasteiger partial charge is 0.277 e. The molecule has 0 saturated carbocycles. The van der Waals surface area contributed by atoms with E-state index in [1.54, 1.807) is 19.1 Å². The predicted octanol–water partition coefficient (Wildman–Crippen LogP) is 4.93. The van der Waals surface area contributed by atoms with E-state index < -0.39 is 5.91 Å². The Morgan fingerprint density at radius 1 is 1.15 bits per heavy atom. The number of hydrogen-bond donors (Lipinski definition) is 2. The molecule has 6 nitrogen and oxygen atoms in total. The number of phenolic OH excluding ortho intramolecular Hbond substituents is 1. The molecule has 2 rings (SSSR count). The van der Waals surface area contributed by atoms with Gasteiger partial charge in [0, 0.05) is 17.2 Å². The zero-order chi connectivity index (χ0) is 20.0. The van der Waals surface area contributed by atoms with Crippen molar-refractivity contribution in [2.45, 2.75) is 6.92 Å². The Labute approximate surface area is 175 Å². The maximum absolute atomic E-state index is 11.8. The number of hydrazone groups is 1. The largest absolute Gasteiger partial charge is 0.504 e. The number of halogens is 4. The summed E-state index contributed by atoms with van der Waals surface area (Å²) in [5.74, 6) is -0.394. The molecular weight excluding hydrogens is 438 g/mol. The van der Waals surface area contributed by atoms with Gasteiger partial charge in [-0.1, -0.05) is 46.4 Å². The molecule has 0 aliphatic rings. The minimum absolute atomic E-state index is 0.0672. The van der Waals surface area contributed by atoms with Crippen molar-refractivity contribution in [1.29, 1.82) is 0 Å². The van der Waals surface area contributed by atoms with Gasteiger partial charge in [-0.2, -0.15) is 5.10 Å². The van der Waals surface area contributed by atoms with Gasteiger partial charge in [-0.15, -0.1) is 0 Å². The van der Waals surface area contributed by atoms with E-state index in [0.29, 0.717) is 16.7 Å². The van der Waals surface area contributed by atoms with Gasteiger partial charge in [0.25, 0.3) is 5.91 Å². The van der Waals surface area contributed by atoms with E-state index in [1.807, 2.05) is 0 Å². The summed E-state index contributed by atoms with van der Waals surface area (Å²) in [6, 6.07) is 6.02. The molecule has 144 valence electrons. The van der Waals surface area contributed by atoms with Crippen molar-refractivity contribution in [2.24, 2.45) is 5.10 Å². The molecule has 0 aliphatic heterocycles. The topological polar surface area (TPSA) is 80.2 Å². The van der Waals surface area contributed by atoms with Gasteiger partial charge in [0.2, 0.25) is 0 Å². The van der Waals surface area contributed by atoms with Crippen LogP contribution in [-0.2, 0) is 4.79 Å². The number of nitrogens with zero attached hydrogens (tertiary/aromatic N) is 1. The lowest BCUT2D eigenvalue weighted by Gasteiger charge is -2.11. The van der Waals surface area contributed by atoms with Crippen LogP contribution in [0.15, 0.2) is 29.4 Å². The molecule has 0 aliphatic carbocycles. The van der Waals surface area contributed by atoms with Gasteiger partial charge >= 0.3 is 0 Å². The Hall–Kier alpha value is -1.86. The summed E-state index contributed by atoms with van der Waals surface area (Å²) in [5, 5.41) is 14.9. The molecule has 2 aromatic rings. The maximum Gasteiger partial charge on any atom is 0.277 e. The number of aromatic hydroxyl groups is 1. The van der Waals surface area contributed by atoms with Crippen molar-refractivity contribution < 1.29 is 19.4 Å². The monoisotopic (exact) mass is 450 g/mol. The summed E-state index contributed by atoms with van der Waals surface area (Å²) >= 11 is 23.8. The van der Waals surface area contributed by atoms with Crippen LogP contribution in [0.4, 0.5) is 0 Å². The van der Waals surface area contributed by atoms with Gasteiger partial charge in [0.15, 0.2) is 18.1 Å². The van der Waals surface area contributed by atoms with E-state index in [-0.39, 0.29) is 39.5 Å². The average Bonchev–Trinajstić information content (AvgIpc) is 2.63. The van der Waals surface area contributed by atoms with Crippen molar-refractivity contribution in [3.05, 3.63) is 49.9 Å². The van der Waals surface area contributed by atoms with Crippen LogP contribution < -0.4 is 14.9 Å². The summed E-state index contributed by atoms with van der Waals surface area (Å²) in [5.41, 5.74) is 2.34. The zero-order valence-electron chi connectivity index (χ0n) is 13.9. The number of phenols is 1. The average molecular weight is 452 g/mol. The first-order valence-corrected chi connectivity index (χ1v) is 9.08. The molecule has 0 atom stereocenters. The van der Waals surface area contributed by atoms with E-state index in [2.05, 4.69) is 10.5 Å². The maximum atomic E-state index is 11.8. The molecule has 10 heteroatoms. The number of benzene rings is 2. The van der Waals surface area contributed by atoms with Gasteiger partial charge in [0.1, 0.15) is 5.75 Å². The number of carbonyl (C=O) groups is 1. The Morgan fingerprint density at radius 2 is 1.89 bits per heavy atom. The molecule has 2 aromatic carbocycles. The number of nitrogens with one attached hydrogen (secondary N) is 1. The SMILES string of the molecule is CCOc1cc(Cl)c(Cl)c(C=NNC(=O)COc2cc(Cl)ccc2Cl)c1O. The van der Waals surface area contributed by atoms with Crippen LogP contribution in [0.2, 0.25) is 20.1 Å². The second-order valence-electron chi connectivity index (χ2n) is 5.02. The van der Waals surface area contributed by atoms with E-state index in [9.17, 15) is 9.90 Å². The molecule has 0 spiro atoms. The highest BCUT2D eigenvalue weighted by molar-refractivity contribution is 6.44. The fraction of sp³-hybridized carbons (Fsp3) is 0.176. The summed E-state index contributed by atoms with van der Waals surface area (Å²) < 4.78 is 10.5. The fourth-order valence-corrected chi connectivity index (χ4v) is 2.66. The third kappa shape index (κ3) is 5.81. The van der Waals surface area contributed by atoms with E-state index in [4.69, 9.17) is 55.9 Å². The highest BCUT2D eigenvalue weighted by Crippen LogP contribution is 2.39. The number of hydrogen-bond acceptors (Lipinski definition) is 5. The molecule has 0 bridgehead atoms. The third-order valence-corrected chi connectivity index (χ3v) is 4.48. The summed E-state index contributed by atoms with van der Waals surface area (Å²) in [7, 11) is 0. The van der Waals surface area contributed by atoms with Crippen molar-refractivity contribution in [3.8, 4) is 17.2 Å². The van der Waals surface area contributed by atoms with Crippen LogP contribution in [0, 0.1) is 0 Å². The molecule has 0 unspecified atom stereocenters. The van der Waals surface area contributed by atoms with Crippen LogP contribution in [0.1, 0.15) is 12.5 Å².